The van der Waals surface area contributed by atoms with Crippen molar-refractivity contribution in [3.63, 3.8) is 0 Å². The molecule has 194 valence electrons. The van der Waals surface area contributed by atoms with Gasteiger partial charge in [0.25, 0.3) is 11.7 Å². The fraction of sp³-hybridized carbons (Fsp3) is 0.333. The first-order chi connectivity index (χ1) is 17.8. The minimum atomic E-state index is -0.804. The van der Waals surface area contributed by atoms with E-state index in [1.807, 2.05) is 17.1 Å². The van der Waals surface area contributed by atoms with Gasteiger partial charge in [-0.3, -0.25) is 14.6 Å². The summed E-state index contributed by atoms with van der Waals surface area (Å²) in [5.74, 6) is -1.72. The average Bonchev–Trinajstić information content (AvgIpc) is 3.57. The smallest absolute Gasteiger partial charge is 0.355 e. The number of aryl methyl sites for hydroxylation is 2. The minimum Gasteiger partial charge on any atom is -0.507 e. The number of aliphatic hydroxyl groups is 1. The molecule has 3 N–H and O–H groups in total. The van der Waals surface area contributed by atoms with Crippen LogP contribution in [0.3, 0.4) is 0 Å². The molecule has 0 aliphatic carbocycles. The summed E-state index contributed by atoms with van der Waals surface area (Å²) in [6.45, 7) is 6.20. The van der Waals surface area contributed by atoms with Gasteiger partial charge in [-0.2, -0.15) is 0 Å². The SMILES string of the molecule is CCOC(=O)c1[nH]c(C)c(/C(O)=C2\C(=O)C(=O)N(CCC[n+]3cc[nH]c3)C2c2ccc(OC)cc2)c1C. The van der Waals surface area contributed by atoms with Gasteiger partial charge in [-0.05, 0) is 44.0 Å². The third-order valence-corrected chi connectivity index (χ3v) is 6.54. The zero-order valence-corrected chi connectivity index (χ0v) is 21.3. The molecule has 1 atom stereocenters. The summed E-state index contributed by atoms with van der Waals surface area (Å²) in [7, 11) is 1.55. The molecule has 10 nitrogen and oxygen atoms in total. The first-order valence-electron chi connectivity index (χ1n) is 12.1. The number of likely N-dealkylation sites (tertiary alicyclic amines) is 1. The Bertz CT molecular complexity index is 1340. The second-order valence-electron chi connectivity index (χ2n) is 8.81. The summed E-state index contributed by atoms with van der Waals surface area (Å²) in [6.07, 6.45) is 6.09. The van der Waals surface area contributed by atoms with Gasteiger partial charge in [0.15, 0.2) is 0 Å². The second kappa shape index (κ2) is 10.7. The van der Waals surface area contributed by atoms with Crippen LogP contribution in [0, 0.1) is 13.8 Å². The third kappa shape index (κ3) is 4.87. The number of Topliss-reactive ketones (excluding diaryl/α,β-unsaturated/α-hetero) is 1. The number of benzene rings is 1. The molecule has 1 aliphatic rings. The highest BCUT2D eigenvalue weighted by Crippen LogP contribution is 2.41. The van der Waals surface area contributed by atoms with Crippen LogP contribution < -0.4 is 9.30 Å². The molecule has 0 saturated carbocycles. The number of nitrogens with zero attached hydrogens (tertiary/aromatic N) is 2. The van der Waals surface area contributed by atoms with E-state index in [-0.39, 0.29) is 23.6 Å². The molecule has 1 fully saturated rings. The lowest BCUT2D eigenvalue weighted by Gasteiger charge is -2.25. The molecule has 0 bridgehead atoms. The van der Waals surface area contributed by atoms with Crippen LogP contribution in [0.5, 0.6) is 5.75 Å². The average molecular weight is 508 g/mol. The molecule has 1 aliphatic heterocycles. The van der Waals surface area contributed by atoms with E-state index in [1.54, 1.807) is 58.3 Å². The molecule has 4 rings (SSSR count). The Morgan fingerprint density at radius 1 is 1.19 bits per heavy atom. The topological polar surface area (TPSA) is 129 Å². The molecule has 0 radical (unpaired) electrons. The maximum atomic E-state index is 13.3. The van der Waals surface area contributed by atoms with Crippen LogP contribution in [0.4, 0.5) is 0 Å². The lowest BCUT2D eigenvalue weighted by Crippen LogP contribution is -2.36. The number of carbonyl (C=O) groups excluding carboxylic acids is 3. The molecule has 10 heteroatoms. The van der Waals surface area contributed by atoms with Gasteiger partial charge in [0.1, 0.15) is 29.6 Å². The predicted octanol–water partition coefficient (Wildman–Crippen LogP) is 2.94. The van der Waals surface area contributed by atoms with E-state index in [0.29, 0.717) is 47.6 Å². The number of hydrogen-bond donors (Lipinski definition) is 3. The van der Waals surface area contributed by atoms with E-state index in [2.05, 4.69) is 9.97 Å². The van der Waals surface area contributed by atoms with Gasteiger partial charge >= 0.3 is 5.97 Å². The van der Waals surface area contributed by atoms with Gasteiger partial charge < -0.3 is 24.5 Å². The second-order valence-corrected chi connectivity index (χ2v) is 8.81. The summed E-state index contributed by atoms with van der Waals surface area (Å²) in [5, 5.41) is 11.5. The number of imidazole rings is 1. The highest BCUT2D eigenvalue weighted by molar-refractivity contribution is 6.46. The molecular formula is C27H31N4O6+. The molecule has 3 aromatic rings. The minimum absolute atomic E-state index is 0.0231. The van der Waals surface area contributed by atoms with Crippen LogP contribution in [0.2, 0.25) is 0 Å². The first-order valence-corrected chi connectivity index (χ1v) is 12.1. The number of H-pyrrole nitrogens is 2. The van der Waals surface area contributed by atoms with Crippen molar-refractivity contribution < 1.29 is 33.5 Å². The summed E-state index contributed by atoms with van der Waals surface area (Å²) in [6, 6.07) is 6.24. The Balaban J connectivity index is 1.78. The predicted molar refractivity (Wildman–Crippen MR) is 134 cm³/mol. The molecule has 37 heavy (non-hydrogen) atoms. The maximum absolute atomic E-state index is 13.3. The molecule has 2 aromatic heterocycles. The Labute approximate surface area is 214 Å². The van der Waals surface area contributed by atoms with Gasteiger partial charge in [0.05, 0.1) is 31.9 Å². The molecular weight excluding hydrogens is 476 g/mol. The van der Waals surface area contributed by atoms with Gasteiger partial charge in [0.2, 0.25) is 6.33 Å². The van der Waals surface area contributed by atoms with Crippen molar-refractivity contribution in [3.8, 4) is 5.75 Å². The number of nitrogens with one attached hydrogen (secondary N) is 2. The van der Waals surface area contributed by atoms with Gasteiger partial charge in [0, 0.05) is 24.2 Å². The maximum Gasteiger partial charge on any atom is 0.355 e. The van der Waals surface area contributed by atoms with Crippen molar-refractivity contribution in [1.82, 2.24) is 14.9 Å². The standard InChI is InChI=1S/C27H30N4O6/c1-5-37-27(35)22-16(2)20(17(3)29-22)24(32)21-23(18-7-9-19(36-4)10-8-18)31(26(34)25(21)33)13-6-12-30-14-11-28-15-30/h7-11,14-15,23H,5-6,12-13H2,1-4H3,(H2,29,32,33,35)/p+1. The van der Waals surface area contributed by atoms with Crippen LogP contribution in [0.25, 0.3) is 5.76 Å². The Kier molecular flexibility index (Phi) is 7.47. The van der Waals surface area contributed by atoms with E-state index >= 15 is 0 Å². The first kappa shape index (κ1) is 25.7. The van der Waals surface area contributed by atoms with Crippen molar-refractivity contribution in [2.24, 2.45) is 0 Å². The van der Waals surface area contributed by atoms with E-state index < -0.39 is 23.7 Å². The fourth-order valence-electron chi connectivity index (χ4n) is 4.77. The van der Waals surface area contributed by atoms with E-state index in [0.717, 1.165) is 0 Å². The number of esters is 1. The molecule has 3 heterocycles. The van der Waals surface area contributed by atoms with Gasteiger partial charge in [-0.1, -0.05) is 12.1 Å². The van der Waals surface area contributed by atoms with Gasteiger partial charge in [-0.25, -0.2) is 9.36 Å². The number of ether oxygens (including phenoxy) is 2. The van der Waals surface area contributed by atoms with Crippen LogP contribution in [0.1, 0.15) is 52.3 Å². The fourth-order valence-corrected chi connectivity index (χ4v) is 4.77. The van der Waals surface area contributed by atoms with Crippen LogP contribution in [0.15, 0.2) is 48.6 Å². The van der Waals surface area contributed by atoms with E-state index in [1.165, 1.54) is 4.90 Å². The summed E-state index contributed by atoms with van der Waals surface area (Å²) in [5.41, 5.74) is 2.07. The number of carbonyl (C=O) groups is 3. The van der Waals surface area contributed by atoms with E-state index in [9.17, 15) is 19.5 Å². The van der Waals surface area contributed by atoms with Crippen LogP contribution >= 0.6 is 0 Å². The number of aromatic amines is 2. The van der Waals surface area contributed by atoms with Crippen molar-refractivity contribution >= 4 is 23.4 Å². The molecule has 1 saturated heterocycles. The summed E-state index contributed by atoms with van der Waals surface area (Å²) in [4.78, 5) is 46.4. The molecule has 1 aromatic carbocycles. The van der Waals surface area contributed by atoms with Crippen molar-refractivity contribution in [2.45, 2.75) is 39.8 Å². The molecule has 1 amide bonds. The largest absolute Gasteiger partial charge is 0.507 e. The number of methoxy groups -OCH3 is 1. The Morgan fingerprint density at radius 2 is 1.92 bits per heavy atom. The number of aromatic nitrogens is 3. The summed E-state index contributed by atoms with van der Waals surface area (Å²) >= 11 is 0. The van der Waals surface area contributed by atoms with Gasteiger partial charge in [-0.15, -0.1) is 0 Å². The lowest BCUT2D eigenvalue weighted by atomic mass is 9.94. The Hall–Kier alpha value is -4.34. The van der Waals surface area contributed by atoms with Crippen molar-refractivity contribution in [1.29, 1.82) is 0 Å². The summed E-state index contributed by atoms with van der Waals surface area (Å²) < 4.78 is 12.3. The molecule has 1 unspecified atom stereocenters. The van der Waals surface area contributed by atoms with Crippen molar-refractivity contribution in [2.75, 3.05) is 20.3 Å². The van der Waals surface area contributed by atoms with Crippen molar-refractivity contribution in [3.05, 3.63) is 76.6 Å². The monoisotopic (exact) mass is 507 g/mol. The highest BCUT2D eigenvalue weighted by atomic mass is 16.5. The lowest BCUT2D eigenvalue weighted by molar-refractivity contribution is -0.695. The number of hydrogen-bond acceptors (Lipinski definition) is 6. The third-order valence-electron chi connectivity index (χ3n) is 6.54. The zero-order valence-electron chi connectivity index (χ0n) is 21.3. The number of rotatable bonds is 9. The number of aliphatic hydroxyl groups excluding tert-OH is 1. The van der Waals surface area contributed by atoms with E-state index in [4.69, 9.17) is 9.47 Å². The highest BCUT2D eigenvalue weighted by Gasteiger charge is 2.46. The normalized spacial score (nSPS) is 16.9. The zero-order chi connectivity index (χ0) is 26.7. The number of ketones is 1. The van der Waals surface area contributed by atoms with Crippen LogP contribution in [-0.2, 0) is 20.9 Å². The molecule has 0 spiro atoms. The quantitative estimate of drug-likeness (QED) is 0.134. The Morgan fingerprint density at radius 3 is 2.54 bits per heavy atom. The number of amides is 1. The van der Waals surface area contributed by atoms with Crippen LogP contribution in [-0.4, -0.2) is 57.9 Å².